The van der Waals surface area contributed by atoms with Gasteiger partial charge >= 0.3 is 5.97 Å². The smallest absolute Gasteiger partial charge is 0.342 e. The number of phenolic OH excluding ortho intramolecular Hbond substituents is 2. The normalized spacial score (nSPS) is 17.9. The van der Waals surface area contributed by atoms with E-state index in [-0.39, 0.29) is 46.1 Å². The molecular formula is C33H42N2O10. The van der Waals surface area contributed by atoms with Crippen LogP contribution in [0, 0.1) is 0 Å². The van der Waals surface area contributed by atoms with Crippen LogP contribution in [0.25, 0.3) is 6.08 Å². The third kappa shape index (κ3) is 8.68. The lowest BCUT2D eigenvalue weighted by molar-refractivity contribution is -0.127. The number of nitrogens with one attached hydrogen (secondary N) is 1. The molecule has 1 heterocycles. The average Bonchev–Trinajstić information content (AvgIpc) is 2.98. The second-order valence-electron chi connectivity index (χ2n) is 11.0. The highest BCUT2D eigenvalue weighted by molar-refractivity contribution is 5.98. The van der Waals surface area contributed by atoms with Crippen LogP contribution in [0.3, 0.4) is 0 Å². The Bertz CT molecular complexity index is 1430. The monoisotopic (exact) mass is 626 g/mol. The van der Waals surface area contributed by atoms with Crippen LogP contribution < -0.4 is 25.3 Å². The number of carbonyl (C=O) groups is 4. The van der Waals surface area contributed by atoms with Crippen molar-refractivity contribution < 1.29 is 48.3 Å². The highest BCUT2D eigenvalue weighted by atomic mass is 16.5. The zero-order valence-corrected chi connectivity index (χ0v) is 26.3. The Morgan fingerprint density at radius 2 is 1.69 bits per heavy atom. The van der Waals surface area contributed by atoms with Crippen molar-refractivity contribution >= 4 is 29.6 Å². The summed E-state index contributed by atoms with van der Waals surface area (Å²) in [6.07, 6.45) is 5.34. The number of primary amides is 1. The third-order valence-electron chi connectivity index (χ3n) is 7.68. The van der Waals surface area contributed by atoms with E-state index in [0.29, 0.717) is 44.1 Å². The SMILES string of the molecule is COc1cc(C(CC(=O)N[C@@H](C)C(N)=O)c2c(O)cc3c(c2O)C(=O)O[C@@H](C)CCCC(=O)CCC/C=C/3)cc(OC)c1OC. The molecule has 12 heteroatoms. The Balaban J connectivity index is 2.25. The molecule has 0 aliphatic carbocycles. The van der Waals surface area contributed by atoms with E-state index in [2.05, 4.69) is 5.32 Å². The number of benzene rings is 2. The number of ether oxygens (including phenoxy) is 4. The second kappa shape index (κ2) is 15.8. The van der Waals surface area contributed by atoms with Crippen molar-refractivity contribution in [2.45, 2.75) is 76.9 Å². The molecule has 0 radical (unpaired) electrons. The van der Waals surface area contributed by atoms with E-state index in [4.69, 9.17) is 24.7 Å². The van der Waals surface area contributed by atoms with Crippen LogP contribution in [-0.2, 0) is 19.1 Å². The molecule has 5 N–H and O–H groups in total. The molecule has 1 aliphatic heterocycles. The van der Waals surface area contributed by atoms with Crippen LogP contribution >= 0.6 is 0 Å². The quantitative estimate of drug-likeness (QED) is 0.295. The van der Waals surface area contributed by atoms with Crippen molar-refractivity contribution in [3.8, 4) is 28.7 Å². The summed E-state index contributed by atoms with van der Waals surface area (Å²) in [5, 5.41) is 25.6. The second-order valence-corrected chi connectivity index (χ2v) is 11.0. The first-order valence-corrected chi connectivity index (χ1v) is 14.8. The molecule has 3 rings (SSSR count). The summed E-state index contributed by atoms with van der Waals surface area (Å²) in [5.41, 5.74) is 5.58. The number of allylic oxidation sites excluding steroid dienone is 1. The average molecular weight is 627 g/mol. The van der Waals surface area contributed by atoms with Gasteiger partial charge in [-0.3, -0.25) is 14.4 Å². The molecule has 0 fully saturated rings. The summed E-state index contributed by atoms with van der Waals surface area (Å²) in [6.45, 7) is 3.13. The number of hydrogen-bond donors (Lipinski definition) is 4. The lowest BCUT2D eigenvalue weighted by Gasteiger charge is -2.25. The Morgan fingerprint density at radius 1 is 1.04 bits per heavy atom. The number of nitrogens with two attached hydrogens (primary N) is 1. The van der Waals surface area contributed by atoms with E-state index in [0.717, 1.165) is 0 Å². The van der Waals surface area contributed by atoms with E-state index in [1.807, 2.05) is 0 Å². The van der Waals surface area contributed by atoms with Crippen LogP contribution in [-0.4, -0.2) is 67.3 Å². The molecule has 45 heavy (non-hydrogen) atoms. The first-order chi connectivity index (χ1) is 21.4. The topological polar surface area (TPSA) is 184 Å². The van der Waals surface area contributed by atoms with E-state index in [1.54, 1.807) is 31.2 Å². The minimum atomic E-state index is -1.09. The van der Waals surface area contributed by atoms with Gasteiger partial charge in [0.2, 0.25) is 17.6 Å². The van der Waals surface area contributed by atoms with E-state index < -0.39 is 47.3 Å². The number of esters is 1. The standard InChI is InChI=1S/C33H42N2O10/c1-18-10-9-13-22(36)12-8-6-7-11-20-14-24(37)29(30(39)28(20)33(41)45-18)23(17-27(38)35-19(2)32(34)40)21-15-25(42-3)31(44-5)26(16-21)43-4/h7,11,14-16,18-19,23,37,39H,6,8-10,12-13,17H2,1-5H3,(H2,34,40)(H,35,38)/b11-7+/t18-,19-,23?/m0/s1. The van der Waals surface area contributed by atoms with Crippen molar-refractivity contribution in [2.24, 2.45) is 5.73 Å². The van der Waals surface area contributed by atoms with Gasteiger partial charge in [-0.25, -0.2) is 4.79 Å². The largest absolute Gasteiger partial charge is 0.507 e. The molecule has 1 unspecified atom stereocenters. The lowest BCUT2D eigenvalue weighted by Crippen LogP contribution is -2.42. The van der Waals surface area contributed by atoms with E-state index >= 15 is 0 Å². The van der Waals surface area contributed by atoms with Gasteiger partial charge in [0.25, 0.3) is 0 Å². The number of methoxy groups -OCH3 is 3. The maximum Gasteiger partial charge on any atom is 0.342 e. The van der Waals surface area contributed by atoms with Gasteiger partial charge < -0.3 is 40.2 Å². The number of amides is 2. The Labute approximate surface area is 262 Å². The number of fused-ring (bicyclic) bond motifs is 1. The molecule has 0 spiro atoms. The zero-order chi connectivity index (χ0) is 33.3. The fourth-order valence-corrected chi connectivity index (χ4v) is 5.27. The fraction of sp³-hybridized carbons (Fsp3) is 0.455. The summed E-state index contributed by atoms with van der Waals surface area (Å²) >= 11 is 0. The highest BCUT2D eigenvalue weighted by Gasteiger charge is 2.32. The number of Topliss-reactive ketones (excluding diaryl/α,β-unsaturated/α-hetero) is 1. The summed E-state index contributed by atoms with van der Waals surface area (Å²) < 4.78 is 22.1. The van der Waals surface area contributed by atoms with Crippen molar-refractivity contribution in [1.29, 1.82) is 0 Å². The minimum Gasteiger partial charge on any atom is -0.507 e. The van der Waals surface area contributed by atoms with Crippen molar-refractivity contribution in [1.82, 2.24) is 5.32 Å². The van der Waals surface area contributed by atoms with Gasteiger partial charge in [-0.05, 0) is 68.9 Å². The molecule has 1 aliphatic rings. The molecule has 244 valence electrons. The van der Waals surface area contributed by atoms with Crippen LogP contribution in [0.5, 0.6) is 28.7 Å². The van der Waals surface area contributed by atoms with Gasteiger partial charge in [0.1, 0.15) is 28.9 Å². The highest BCUT2D eigenvalue weighted by Crippen LogP contribution is 2.47. The first kappa shape index (κ1) is 34.7. The van der Waals surface area contributed by atoms with Crippen molar-refractivity contribution in [2.75, 3.05) is 21.3 Å². The first-order valence-electron chi connectivity index (χ1n) is 14.8. The summed E-state index contributed by atoms with van der Waals surface area (Å²) in [5.74, 6) is -3.36. The molecular weight excluding hydrogens is 584 g/mol. The number of cyclic esters (lactones) is 1. The summed E-state index contributed by atoms with van der Waals surface area (Å²) in [4.78, 5) is 50.6. The predicted molar refractivity (Wildman–Crippen MR) is 166 cm³/mol. The molecule has 3 atom stereocenters. The van der Waals surface area contributed by atoms with E-state index in [1.165, 1.54) is 34.3 Å². The van der Waals surface area contributed by atoms with E-state index in [9.17, 15) is 29.4 Å². The van der Waals surface area contributed by atoms with Crippen LogP contribution in [0.4, 0.5) is 0 Å². The number of phenols is 2. The maximum atomic E-state index is 13.6. The van der Waals surface area contributed by atoms with Gasteiger partial charge in [0.05, 0.1) is 27.4 Å². The Hall–Kier alpha value is -4.74. The van der Waals surface area contributed by atoms with Crippen LogP contribution in [0.2, 0.25) is 0 Å². The number of aromatic hydroxyl groups is 2. The number of hydrogen-bond acceptors (Lipinski definition) is 10. The number of rotatable bonds is 9. The maximum absolute atomic E-state index is 13.6. The number of carbonyl (C=O) groups excluding carboxylic acids is 4. The molecule has 0 bridgehead atoms. The molecule has 12 nitrogen and oxygen atoms in total. The van der Waals surface area contributed by atoms with Gasteiger partial charge in [0, 0.05) is 30.7 Å². The third-order valence-corrected chi connectivity index (χ3v) is 7.68. The molecule has 0 aromatic heterocycles. The summed E-state index contributed by atoms with van der Waals surface area (Å²) in [7, 11) is 4.26. The number of ketones is 1. The van der Waals surface area contributed by atoms with Gasteiger partial charge in [-0.2, -0.15) is 0 Å². The van der Waals surface area contributed by atoms with Gasteiger partial charge in [0.15, 0.2) is 11.5 Å². The lowest BCUT2D eigenvalue weighted by atomic mass is 9.84. The Kier molecular flexibility index (Phi) is 12.2. The predicted octanol–water partition coefficient (Wildman–Crippen LogP) is 4.12. The minimum absolute atomic E-state index is 0.130. The van der Waals surface area contributed by atoms with Crippen LogP contribution in [0.15, 0.2) is 24.3 Å². The molecule has 2 aromatic rings. The molecule has 2 aromatic carbocycles. The van der Waals surface area contributed by atoms with Gasteiger partial charge in [-0.15, -0.1) is 0 Å². The summed E-state index contributed by atoms with van der Waals surface area (Å²) in [6, 6.07) is 3.44. The van der Waals surface area contributed by atoms with Crippen molar-refractivity contribution in [3.63, 3.8) is 0 Å². The van der Waals surface area contributed by atoms with Gasteiger partial charge in [-0.1, -0.05) is 12.2 Å². The molecule has 0 saturated heterocycles. The molecule has 0 saturated carbocycles. The molecule has 2 amide bonds. The fourth-order valence-electron chi connectivity index (χ4n) is 5.27. The Morgan fingerprint density at radius 3 is 2.29 bits per heavy atom. The zero-order valence-electron chi connectivity index (χ0n) is 26.3. The van der Waals surface area contributed by atoms with Crippen LogP contribution in [0.1, 0.15) is 91.8 Å². The van der Waals surface area contributed by atoms with Crippen molar-refractivity contribution in [3.05, 3.63) is 46.5 Å².